The first-order chi connectivity index (χ1) is 8.11. The van der Waals surface area contributed by atoms with Gasteiger partial charge >= 0.3 is 5.97 Å². The average Bonchev–Trinajstić information content (AvgIpc) is 3.01. The molecular formula is C10H14N4O3. The minimum atomic E-state index is -1.01. The van der Waals surface area contributed by atoms with Gasteiger partial charge in [0.15, 0.2) is 0 Å². The number of nitrogens with zero attached hydrogens (tertiary/aromatic N) is 2. The number of aryl methyl sites for hydroxylation is 1. The monoisotopic (exact) mass is 238 g/mol. The largest absolute Gasteiger partial charge is 0.480 e. The Bertz CT molecular complexity index is 439. The summed E-state index contributed by atoms with van der Waals surface area (Å²) in [7, 11) is 0. The topological polar surface area (TPSA) is 108 Å². The molecule has 0 bridgehead atoms. The second-order valence-corrected chi connectivity index (χ2v) is 4.09. The first-order valence-corrected chi connectivity index (χ1v) is 5.56. The molecule has 2 rings (SSSR count). The Balaban J connectivity index is 2.02. The highest BCUT2D eigenvalue weighted by Gasteiger charge is 2.37. The number of aromatic amines is 1. The predicted molar refractivity (Wildman–Crippen MR) is 57.4 cm³/mol. The standard InChI is InChI=1S/C10H14N4O3/c1-2-6-11-8(14-13-6)9(15)12-7(10(16)17)5-3-4-5/h5,7H,2-4H2,1H3,(H,12,15)(H,16,17)(H,11,13,14). The minimum Gasteiger partial charge on any atom is -0.480 e. The van der Waals surface area contributed by atoms with Crippen molar-refractivity contribution in [1.82, 2.24) is 20.5 Å². The van der Waals surface area contributed by atoms with Gasteiger partial charge in [-0.25, -0.2) is 9.78 Å². The number of aromatic nitrogens is 3. The van der Waals surface area contributed by atoms with E-state index in [1.54, 1.807) is 0 Å². The Morgan fingerprint density at radius 1 is 1.59 bits per heavy atom. The normalized spacial score (nSPS) is 16.5. The van der Waals surface area contributed by atoms with Crippen LogP contribution in [0, 0.1) is 5.92 Å². The maximum Gasteiger partial charge on any atom is 0.326 e. The predicted octanol–water partition coefficient (Wildman–Crippen LogP) is -0.0399. The summed E-state index contributed by atoms with van der Waals surface area (Å²) in [4.78, 5) is 26.6. The van der Waals surface area contributed by atoms with Crippen LogP contribution in [0.15, 0.2) is 0 Å². The number of carboxylic acids is 1. The van der Waals surface area contributed by atoms with Crippen LogP contribution in [-0.4, -0.2) is 38.2 Å². The van der Waals surface area contributed by atoms with E-state index in [2.05, 4.69) is 20.5 Å². The van der Waals surface area contributed by atoms with Crippen molar-refractivity contribution in [3.05, 3.63) is 11.6 Å². The number of aliphatic carboxylic acids is 1. The van der Waals surface area contributed by atoms with Crippen LogP contribution < -0.4 is 5.32 Å². The van der Waals surface area contributed by atoms with E-state index in [4.69, 9.17) is 5.11 Å². The maximum atomic E-state index is 11.7. The van der Waals surface area contributed by atoms with E-state index in [1.807, 2.05) is 6.92 Å². The highest BCUT2D eigenvalue weighted by atomic mass is 16.4. The Hall–Kier alpha value is -1.92. The molecule has 1 aromatic rings. The number of carboxylic acid groups (broad SMARTS) is 1. The van der Waals surface area contributed by atoms with Crippen molar-refractivity contribution in [1.29, 1.82) is 0 Å². The molecule has 3 N–H and O–H groups in total. The van der Waals surface area contributed by atoms with Crippen LogP contribution >= 0.6 is 0 Å². The highest BCUT2D eigenvalue weighted by molar-refractivity contribution is 5.93. The first-order valence-electron chi connectivity index (χ1n) is 5.56. The molecule has 1 aliphatic rings. The molecule has 0 aliphatic heterocycles. The summed E-state index contributed by atoms with van der Waals surface area (Å²) in [6, 6.07) is -0.828. The van der Waals surface area contributed by atoms with Crippen LogP contribution in [0.2, 0.25) is 0 Å². The van der Waals surface area contributed by atoms with E-state index in [0.717, 1.165) is 12.8 Å². The lowest BCUT2D eigenvalue weighted by molar-refractivity contribution is -0.139. The Kier molecular flexibility index (Phi) is 3.08. The molecular weight excluding hydrogens is 224 g/mol. The van der Waals surface area contributed by atoms with Gasteiger partial charge in [0.1, 0.15) is 11.9 Å². The lowest BCUT2D eigenvalue weighted by atomic mass is 10.2. The average molecular weight is 238 g/mol. The van der Waals surface area contributed by atoms with E-state index in [0.29, 0.717) is 12.2 Å². The van der Waals surface area contributed by atoms with Crippen LogP contribution in [0.1, 0.15) is 36.2 Å². The highest BCUT2D eigenvalue weighted by Crippen LogP contribution is 2.32. The number of hydrogen-bond acceptors (Lipinski definition) is 4. The third kappa shape index (κ3) is 2.61. The number of rotatable bonds is 5. The van der Waals surface area contributed by atoms with Crippen LogP contribution in [-0.2, 0) is 11.2 Å². The fraction of sp³-hybridized carbons (Fsp3) is 0.600. The van der Waals surface area contributed by atoms with Gasteiger partial charge in [-0.05, 0) is 18.8 Å². The van der Waals surface area contributed by atoms with E-state index < -0.39 is 17.9 Å². The van der Waals surface area contributed by atoms with Gasteiger partial charge in [-0.15, -0.1) is 5.10 Å². The van der Waals surface area contributed by atoms with Crippen molar-refractivity contribution in [2.75, 3.05) is 0 Å². The lowest BCUT2D eigenvalue weighted by Gasteiger charge is -2.11. The Labute approximate surface area is 97.6 Å². The number of carbonyl (C=O) groups is 2. The van der Waals surface area contributed by atoms with E-state index >= 15 is 0 Å². The van der Waals surface area contributed by atoms with Gasteiger partial charge in [0.25, 0.3) is 5.91 Å². The van der Waals surface area contributed by atoms with Crippen LogP contribution in [0.4, 0.5) is 0 Å². The molecule has 0 aromatic carbocycles. The van der Waals surface area contributed by atoms with Crippen molar-refractivity contribution in [3.8, 4) is 0 Å². The molecule has 1 amide bonds. The molecule has 0 radical (unpaired) electrons. The van der Waals surface area contributed by atoms with Crippen LogP contribution in [0.25, 0.3) is 0 Å². The second kappa shape index (κ2) is 4.52. The van der Waals surface area contributed by atoms with Crippen molar-refractivity contribution < 1.29 is 14.7 Å². The SMILES string of the molecule is CCc1nc(C(=O)NC(C(=O)O)C2CC2)n[nH]1. The zero-order valence-electron chi connectivity index (χ0n) is 9.43. The Morgan fingerprint density at radius 3 is 2.76 bits per heavy atom. The van der Waals surface area contributed by atoms with Gasteiger partial charge < -0.3 is 10.4 Å². The third-order valence-electron chi connectivity index (χ3n) is 2.72. The van der Waals surface area contributed by atoms with Crippen molar-refractivity contribution >= 4 is 11.9 Å². The lowest BCUT2D eigenvalue weighted by Crippen LogP contribution is -2.42. The number of hydrogen-bond donors (Lipinski definition) is 3. The molecule has 1 heterocycles. The van der Waals surface area contributed by atoms with Gasteiger partial charge in [-0.1, -0.05) is 6.92 Å². The van der Waals surface area contributed by atoms with E-state index in [9.17, 15) is 9.59 Å². The minimum absolute atomic E-state index is 0.00579. The van der Waals surface area contributed by atoms with Gasteiger partial charge in [0.05, 0.1) is 0 Å². The van der Waals surface area contributed by atoms with E-state index in [-0.39, 0.29) is 11.7 Å². The zero-order valence-corrected chi connectivity index (χ0v) is 9.43. The first kappa shape index (κ1) is 11.6. The summed E-state index contributed by atoms with van der Waals surface area (Å²) in [5, 5.41) is 17.8. The number of H-pyrrole nitrogens is 1. The van der Waals surface area contributed by atoms with Crippen LogP contribution in [0.3, 0.4) is 0 Å². The fourth-order valence-electron chi connectivity index (χ4n) is 1.57. The van der Waals surface area contributed by atoms with E-state index in [1.165, 1.54) is 0 Å². The van der Waals surface area contributed by atoms with Crippen molar-refractivity contribution in [3.63, 3.8) is 0 Å². The second-order valence-electron chi connectivity index (χ2n) is 4.09. The number of carbonyl (C=O) groups excluding carboxylic acids is 1. The molecule has 1 aliphatic carbocycles. The smallest absolute Gasteiger partial charge is 0.326 e. The van der Waals surface area contributed by atoms with Crippen molar-refractivity contribution in [2.45, 2.75) is 32.2 Å². The summed E-state index contributed by atoms with van der Waals surface area (Å²) in [5.41, 5.74) is 0. The Morgan fingerprint density at radius 2 is 2.29 bits per heavy atom. The molecule has 17 heavy (non-hydrogen) atoms. The molecule has 1 atom stereocenters. The van der Waals surface area contributed by atoms with Crippen LogP contribution in [0.5, 0.6) is 0 Å². The van der Waals surface area contributed by atoms with Gasteiger partial charge in [0, 0.05) is 6.42 Å². The quantitative estimate of drug-likeness (QED) is 0.667. The molecule has 0 spiro atoms. The molecule has 1 aromatic heterocycles. The fourth-order valence-corrected chi connectivity index (χ4v) is 1.57. The summed E-state index contributed by atoms with van der Waals surface area (Å²) in [6.45, 7) is 1.88. The molecule has 7 nitrogen and oxygen atoms in total. The molecule has 7 heteroatoms. The maximum absolute atomic E-state index is 11.7. The summed E-state index contributed by atoms with van der Waals surface area (Å²) in [6.07, 6.45) is 2.32. The summed E-state index contributed by atoms with van der Waals surface area (Å²) in [5.74, 6) is -0.907. The number of amides is 1. The molecule has 92 valence electrons. The van der Waals surface area contributed by atoms with Gasteiger partial charge in [0.2, 0.25) is 5.82 Å². The zero-order chi connectivity index (χ0) is 12.4. The molecule has 0 saturated heterocycles. The third-order valence-corrected chi connectivity index (χ3v) is 2.72. The van der Waals surface area contributed by atoms with Crippen molar-refractivity contribution in [2.24, 2.45) is 5.92 Å². The summed E-state index contributed by atoms with van der Waals surface area (Å²) < 4.78 is 0. The molecule has 1 fully saturated rings. The number of nitrogens with one attached hydrogen (secondary N) is 2. The van der Waals surface area contributed by atoms with Gasteiger partial charge in [-0.2, -0.15) is 0 Å². The molecule has 1 saturated carbocycles. The summed E-state index contributed by atoms with van der Waals surface area (Å²) >= 11 is 0. The van der Waals surface area contributed by atoms with Gasteiger partial charge in [-0.3, -0.25) is 9.89 Å². The molecule has 1 unspecified atom stereocenters.